The van der Waals surface area contributed by atoms with Crippen LogP contribution in [-0.2, 0) is 20.5 Å². The van der Waals surface area contributed by atoms with E-state index in [1.807, 2.05) is 13.8 Å². The number of hydrogen-bond donors (Lipinski definition) is 0. The van der Waals surface area contributed by atoms with E-state index in [4.69, 9.17) is 0 Å². The van der Waals surface area contributed by atoms with Crippen LogP contribution in [0.25, 0.3) is 10.2 Å². The first-order valence-electron chi connectivity index (χ1n) is 5.17. The molecule has 2 aromatic heterocycles. The Morgan fingerprint density at radius 2 is 1.81 bits per heavy atom. The maximum Gasteiger partial charge on any atom is 0.331 e. The molecule has 5 heteroatoms. The van der Waals surface area contributed by atoms with Crippen molar-refractivity contribution >= 4 is 21.6 Å². The van der Waals surface area contributed by atoms with Crippen LogP contribution in [0.1, 0.15) is 17.4 Å². The largest absolute Gasteiger partial charge is 0.331 e. The number of thiophene rings is 1. The molecule has 0 saturated heterocycles. The molecule has 2 aromatic rings. The molecule has 0 spiro atoms. The molecule has 0 fully saturated rings. The van der Waals surface area contributed by atoms with Gasteiger partial charge in [-0.25, -0.2) is 4.79 Å². The van der Waals surface area contributed by atoms with Crippen molar-refractivity contribution in [1.29, 1.82) is 0 Å². The third kappa shape index (κ3) is 1.28. The Morgan fingerprint density at radius 3 is 2.38 bits per heavy atom. The van der Waals surface area contributed by atoms with Gasteiger partial charge in [-0.3, -0.25) is 13.9 Å². The monoisotopic (exact) mass is 238 g/mol. The summed E-state index contributed by atoms with van der Waals surface area (Å²) >= 11 is 1.52. The van der Waals surface area contributed by atoms with Crippen LogP contribution in [0.2, 0.25) is 0 Å². The lowest BCUT2D eigenvalue weighted by Crippen LogP contribution is -2.36. The molecule has 0 saturated carbocycles. The molecule has 0 unspecified atom stereocenters. The van der Waals surface area contributed by atoms with E-state index in [0.29, 0.717) is 5.39 Å². The van der Waals surface area contributed by atoms with Gasteiger partial charge in [-0.15, -0.1) is 11.3 Å². The number of fused-ring (bicyclic) bond motifs is 1. The average Bonchev–Trinajstić information content (AvgIpc) is 2.60. The fourth-order valence-electron chi connectivity index (χ4n) is 2.01. The van der Waals surface area contributed by atoms with E-state index in [1.54, 1.807) is 11.6 Å². The number of aryl methyl sites for hydroxylation is 3. The van der Waals surface area contributed by atoms with E-state index in [0.717, 1.165) is 21.7 Å². The fraction of sp³-hybridized carbons (Fsp3) is 0.455. The molecule has 16 heavy (non-hydrogen) atoms. The van der Waals surface area contributed by atoms with Gasteiger partial charge < -0.3 is 0 Å². The quantitative estimate of drug-likeness (QED) is 0.748. The van der Waals surface area contributed by atoms with Crippen molar-refractivity contribution in [2.75, 3.05) is 0 Å². The van der Waals surface area contributed by atoms with Crippen LogP contribution < -0.4 is 11.2 Å². The van der Waals surface area contributed by atoms with Crippen molar-refractivity contribution in [2.24, 2.45) is 14.1 Å². The Morgan fingerprint density at radius 1 is 1.19 bits per heavy atom. The van der Waals surface area contributed by atoms with Crippen LogP contribution in [-0.4, -0.2) is 9.13 Å². The third-order valence-corrected chi connectivity index (χ3v) is 4.16. The van der Waals surface area contributed by atoms with E-state index in [9.17, 15) is 9.59 Å². The van der Waals surface area contributed by atoms with Crippen LogP contribution in [0.4, 0.5) is 0 Å². The first kappa shape index (κ1) is 11.1. The van der Waals surface area contributed by atoms with Gasteiger partial charge in [0.1, 0.15) is 4.83 Å². The highest BCUT2D eigenvalue weighted by atomic mass is 32.1. The molecule has 2 rings (SSSR count). The zero-order valence-corrected chi connectivity index (χ0v) is 10.6. The molecule has 0 bridgehead atoms. The Labute approximate surface area is 96.8 Å². The molecule has 0 radical (unpaired) electrons. The summed E-state index contributed by atoms with van der Waals surface area (Å²) in [5, 5.41) is 0.703. The minimum atomic E-state index is -0.263. The second-order valence-corrected chi connectivity index (χ2v) is 5.08. The Bertz CT molecular complexity index is 676. The third-order valence-electron chi connectivity index (χ3n) is 2.94. The van der Waals surface area contributed by atoms with Gasteiger partial charge >= 0.3 is 5.69 Å². The number of nitrogens with zero attached hydrogens (tertiary/aromatic N) is 2. The Balaban J connectivity index is 3.15. The van der Waals surface area contributed by atoms with Gasteiger partial charge in [0.05, 0.1) is 5.39 Å². The van der Waals surface area contributed by atoms with Crippen LogP contribution in [0.3, 0.4) is 0 Å². The predicted octanol–water partition coefficient (Wildman–Crippen LogP) is 1.17. The molecule has 0 N–H and O–H groups in total. The van der Waals surface area contributed by atoms with Crippen LogP contribution in [0, 0.1) is 6.92 Å². The summed E-state index contributed by atoms with van der Waals surface area (Å²) in [5.74, 6) is 0. The van der Waals surface area contributed by atoms with Crippen molar-refractivity contribution in [2.45, 2.75) is 20.3 Å². The van der Waals surface area contributed by atoms with E-state index >= 15 is 0 Å². The first-order valence-corrected chi connectivity index (χ1v) is 5.98. The second kappa shape index (κ2) is 3.59. The zero-order chi connectivity index (χ0) is 12.0. The van der Waals surface area contributed by atoms with Crippen molar-refractivity contribution in [3.63, 3.8) is 0 Å². The summed E-state index contributed by atoms with van der Waals surface area (Å²) in [6.45, 7) is 4.02. The Kier molecular flexibility index (Phi) is 2.50. The van der Waals surface area contributed by atoms with Crippen molar-refractivity contribution < 1.29 is 0 Å². The number of rotatable bonds is 1. The minimum Gasteiger partial charge on any atom is -0.287 e. The molecule has 0 aromatic carbocycles. The summed E-state index contributed by atoms with van der Waals surface area (Å²) in [5.41, 5.74) is 0.622. The minimum absolute atomic E-state index is 0.181. The predicted molar refractivity (Wildman–Crippen MR) is 66.4 cm³/mol. The van der Waals surface area contributed by atoms with Gasteiger partial charge in [0, 0.05) is 19.0 Å². The lowest BCUT2D eigenvalue weighted by Gasteiger charge is -2.03. The maximum atomic E-state index is 12.1. The topological polar surface area (TPSA) is 44.0 Å². The van der Waals surface area contributed by atoms with E-state index in [1.165, 1.54) is 23.0 Å². The summed E-state index contributed by atoms with van der Waals surface area (Å²) in [6.07, 6.45) is 0.819. The molecule has 0 aliphatic carbocycles. The molecule has 0 atom stereocenters. The molecule has 0 aliphatic heterocycles. The van der Waals surface area contributed by atoms with Gasteiger partial charge in [0.15, 0.2) is 0 Å². The number of hydrogen-bond acceptors (Lipinski definition) is 3. The highest BCUT2D eigenvalue weighted by molar-refractivity contribution is 7.18. The zero-order valence-electron chi connectivity index (χ0n) is 9.83. The van der Waals surface area contributed by atoms with Crippen molar-refractivity contribution in [3.05, 3.63) is 31.3 Å². The summed E-state index contributed by atoms with van der Waals surface area (Å²) in [6, 6.07) is 0. The van der Waals surface area contributed by atoms with Gasteiger partial charge in [-0.1, -0.05) is 6.92 Å². The highest BCUT2D eigenvalue weighted by Crippen LogP contribution is 2.27. The maximum absolute atomic E-state index is 12.1. The van der Waals surface area contributed by atoms with Crippen LogP contribution in [0.5, 0.6) is 0 Å². The van der Waals surface area contributed by atoms with Gasteiger partial charge in [0.2, 0.25) is 0 Å². The highest BCUT2D eigenvalue weighted by Gasteiger charge is 2.16. The van der Waals surface area contributed by atoms with Crippen molar-refractivity contribution in [1.82, 2.24) is 9.13 Å². The van der Waals surface area contributed by atoms with Gasteiger partial charge in [-0.05, 0) is 18.9 Å². The summed E-state index contributed by atoms with van der Waals surface area (Å²) in [4.78, 5) is 25.7. The average molecular weight is 238 g/mol. The lowest BCUT2D eigenvalue weighted by atomic mass is 10.1. The Hall–Kier alpha value is -1.36. The molecule has 2 heterocycles. The molecule has 86 valence electrons. The molecular formula is C11H14N2O2S. The first-order chi connectivity index (χ1) is 7.49. The molecule has 0 amide bonds. The van der Waals surface area contributed by atoms with Gasteiger partial charge in [-0.2, -0.15) is 0 Å². The van der Waals surface area contributed by atoms with E-state index in [-0.39, 0.29) is 11.2 Å². The standard InChI is InChI=1S/C11H14N2O2S/c1-5-7-6(2)16-10-8(7)9(14)12(3)11(15)13(10)4/h5H2,1-4H3. The van der Waals surface area contributed by atoms with Gasteiger partial charge in [0.25, 0.3) is 5.56 Å². The van der Waals surface area contributed by atoms with Crippen molar-refractivity contribution in [3.8, 4) is 0 Å². The normalized spacial score (nSPS) is 11.2. The number of aromatic nitrogens is 2. The van der Waals surface area contributed by atoms with E-state index in [2.05, 4.69) is 0 Å². The second-order valence-electron chi connectivity index (χ2n) is 3.88. The smallest absolute Gasteiger partial charge is 0.287 e. The molecular weight excluding hydrogens is 224 g/mol. The molecule has 4 nitrogen and oxygen atoms in total. The SMILES string of the molecule is CCc1c(C)sc2c1c(=O)n(C)c(=O)n2C. The molecule has 0 aliphatic rings. The van der Waals surface area contributed by atoms with E-state index < -0.39 is 0 Å². The fourth-order valence-corrected chi connectivity index (χ4v) is 3.20. The lowest BCUT2D eigenvalue weighted by molar-refractivity contribution is 0.716. The van der Waals surface area contributed by atoms with Crippen LogP contribution in [0.15, 0.2) is 9.59 Å². The summed E-state index contributed by atoms with van der Waals surface area (Å²) in [7, 11) is 3.23. The summed E-state index contributed by atoms with van der Waals surface area (Å²) < 4.78 is 2.72. The van der Waals surface area contributed by atoms with Crippen LogP contribution >= 0.6 is 11.3 Å².